The molecule has 0 aliphatic heterocycles. The van der Waals surface area contributed by atoms with Crippen LogP contribution in [0, 0.1) is 11.3 Å². The molecule has 9 aromatic heterocycles. The maximum Gasteiger partial charge on any atom is 0.341 e. The molecule has 28 nitrogen and oxygen atoms in total. The van der Waals surface area contributed by atoms with Crippen molar-refractivity contribution in [2.24, 2.45) is 11.5 Å². The molecule has 3 fully saturated rings. The molecular weight excluding hydrogens is 1780 g/mol. The number of carbonyl (C=O) groups is 4. The molecule has 0 radical (unpaired) electrons. The van der Waals surface area contributed by atoms with E-state index in [1.807, 2.05) is 75.6 Å². The van der Waals surface area contributed by atoms with E-state index in [1.54, 1.807) is 53.9 Å². The van der Waals surface area contributed by atoms with Crippen LogP contribution >= 0.6 is 104 Å². The zero-order valence-corrected chi connectivity index (χ0v) is 80.5. The van der Waals surface area contributed by atoms with Crippen molar-refractivity contribution < 1.29 is 28.7 Å². The van der Waals surface area contributed by atoms with Crippen molar-refractivity contribution in [3.05, 3.63) is 149 Å². The van der Waals surface area contributed by atoms with Crippen LogP contribution in [0.15, 0.2) is 64.2 Å². The van der Waals surface area contributed by atoms with Crippen molar-refractivity contribution in [3.8, 4) is 6.07 Å². The molecule has 2 aromatic carbocycles. The average Bonchev–Trinajstić information content (AvgIpc) is 1.62. The molecule has 19 rings (SSSR count). The molecule has 8 aliphatic rings. The molecule has 0 saturated heterocycles. The number of rotatable bonds is 12. The predicted molar refractivity (Wildman–Crippen MR) is 524 cm³/mol. The minimum atomic E-state index is -0.833. The summed E-state index contributed by atoms with van der Waals surface area (Å²) in [7, 11) is 16.8. The molecule has 9 heterocycles. The highest BCUT2D eigenvalue weighted by molar-refractivity contribution is 7.20. The maximum atomic E-state index is 11.6. The number of halogens is 4. The number of para-hydroxylation sites is 1. The number of hydrogen-bond donors (Lipinski definition) is 9. The number of anilines is 7. The number of fused-ring (bicyclic) bond motifs is 13. The van der Waals surface area contributed by atoms with E-state index in [0.29, 0.717) is 75.5 Å². The van der Waals surface area contributed by atoms with Crippen LogP contribution in [0.4, 0.5) is 44.4 Å². The molecule has 37 heteroatoms. The highest BCUT2D eigenvalue weighted by Crippen LogP contribution is 2.45. The summed E-state index contributed by atoms with van der Waals surface area (Å²) in [6, 6.07) is 21.3. The molecule has 14 N–H and O–H groups in total. The third-order valence-electron chi connectivity index (χ3n) is 22.6. The number of primary amides is 2. The second kappa shape index (κ2) is 48.9. The number of aryl methyl sites for hydroxylation is 9. The summed E-state index contributed by atoms with van der Waals surface area (Å²) >= 11 is 26.3. The van der Waals surface area contributed by atoms with Crippen molar-refractivity contribution in [2.75, 3.05) is 107 Å². The van der Waals surface area contributed by atoms with Gasteiger partial charge in [0.15, 0.2) is 0 Å². The third-order valence-corrected chi connectivity index (χ3v) is 29.0. The van der Waals surface area contributed by atoms with Crippen LogP contribution in [-0.4, -0.2) is 167 Å². The smallest absolute Gasteiger partial charge is 0.341 e. The SMILES string of the molecule is CCOC(=O)CC#N.CCOC(=O)c1c(N)sc2c1CCC2.CN(C)C1CCC(Nc2nc(Cl)nc3sc4c(c23)CCC4)CC1.CN(C)C1CCC(Nc2nc(N)nc3sc4c(c23)CCC4)CC1.CN(C)c1ccc(N)cc1.CN(C)c1ccccc1.Cl.Clc1nc(Cl)c2c3c(sc2n1)CCC3.NC(N)=O.O=C1CCCC1.O=c1[nH]c(=O)c2c3c(sc2[nH]1)CCC3. The highest BCUT2D eigenvalue weighted by Gasteiger charge is 2.31. The number of nitrogens with two attached hydrogens (primary N) is 5. The number of nitrogens with zero attached hydrogens (tertiary/aromatic N) is 11. The van der Waals surface area contributed by atoms with Gasteiger partial charge in [-0.25, -0.2) is 39.3 Å². The number of aromatic amines is 2. The van der Waals surface area contributed by atoms with Gasteiger partial charge in [0.1, 0.15) is 53.3 Å². The quantitative estimate of drug-likeness (QED) is 0.0237. The Morgan fingerprint density at radius 3 is 1.37 bits per heavy atom. The lowest BCUT2D eigenvalue weighted by molar-refractivity contribution is -0.141. The van der Waals surface area contributed by atoms with Crippen molar-refractivity contribution in [1.82, 2.24) is 49.7 Å². The number of benzene rings is 2. The Hall–Kier alpha value is -9.05. The number of ketones is 1. The number of Topliss-reactive ketones (excluding diaryl/α,β-unsaturated/α-hetero) is 1. The second-order valence-electron chi connectivity index (χ2n) is 32.2. The minimum absolute atomic E-state index is 0. The van der Waals surface area contributed by atoms with Gasteiger partial charge in [0.05, 0.1) is 46.4 Å². The Bertz CT molecular complexity index is 5500. The summed E-state index contributed by atoms with van der Waals surface area (Å²) in [5.41, 5.74) is 35.5. The number of hydrogen-bond acceptors (Lipinski definition) is 29. The van der Waals surface area contributed by atoms with Crippen LogP contribution in [0.25, 0.3) is 40.9 Å². The Morgan fingerprint density at radius 1 is 0.500 bits per heavy atom. The molecule has 11 aromatic rings. The van der Waals surface area contributed by atoms with Gasteiger partial charge >= 0.3 is 23.7 Å². The van der Waals surface area contributed by atoms with Gasteiger partial charge in [0.25, 0.3) is 5.56 Å². The average molecular weight is 1900 g/mol. The van der Waals surface area contributed by atoms with Crippen LogP contribution < -0.4 is 60.4 Å². The van der Waals surface area contributed by atoms with E-state index in [-0.39, 0.29) is 35.6 Å². The van der Waals surface area contributed by atoms with Crippen molar-refractivity contribution >= 4 is 208 Å². The molecular formula is C89H118Cl4N20O8S5. The van der Waals surface area contributed by atoms with E-state index < -0.39 is 17.7 Å². The van der Waals surface area contributed by atoms with Gasteiger partial charge in [-0.1, -0.05) is 29.8 Å². The number of nitriles is 1. The Morgan fingerprint density at radius 2 is 0.921 bits per heavy atom. The van der Waals surface area contributed by atoms with Crippen LogP contribution in [0.1, 0.15) is 192 Å². The van der Waals surface area contributed by atoms with Crippen LogP contribution in [-0.2, 0) is 83.3 Å². The normalized spacial score (nSPS) is 16.9. The predicted octanol–water partition coefficient (Wildman–Crippen LogP) is 17.5. The monoisotopic (exact) mass is 1890 g/mol. The third kappa shape index (κ3) is 28.0. The summed E-state index contributed by atoms with van der Waals surface area (Å²) in [6.07, 6.45) is 30.5. The number of nitrogens with one attached hydrogen (secondary N) is 4. The van der Waals surface area contributed by atoms with Crippen LogP contribution in [0.5, 0.6) is 0 Å². The molecule has 680 valence electrons. The van der Waals surface area contributed by atoms with E-state index in [4.69, 9.17) is 66.8 Å². The molecule has 0 atom stereocenters. The summed E-state index contributed by atoms with van der Waals surface area (Å²) in [6.45, 7) is 4.26. The summed E-state index contributed by atoms with van der Waals surface area (Å²) < 4.78 is 9.40. The lowest BCUT2D eigenvalue weighted by Crippen LogP contribution is -2.36. The zero-order valence-electron chi connectivity index (χ0n) is 73.4. The first-order valence-corrected chi connectivity index (χ1v) is 47.9. The number of esters is 2. The fourth-order valence-electron chi connectivity index (χ4n) is 16.4. The van der Waals surface area contributed by atoms with Crippen molar-refractivity contribution in [2.45, 2.75) is 218 Å². The largest absolute Gasteiger partial charge is 0.465 e. The van der Waals surface area contributed by atoms with E-state index in [2.05, 4.69) is 122 Å². The minimum Gasteiger partial charge on any atom is -0.465 e. The molecule has 2 amide bonds. The molecule has 0 unspecified atom stereocenters. The summed E-state index contributed by atoms with van der Waals surface area (Å²) in [4.78, 5) is 114. The number of urea groups is 1. The van der Waals surface area contributed by atoms with Gasteiger partial charge in [-0.15, -0.1) is 69.1 Å². The van der Waals surface area contributed by atoms with Crippen LogP contribution in [0.2, 0.25) is 15.7 Å². The number of thiophene rings is 5. The Balaban J connectivity index is 0.000000164. The van der Waals surface area contributed by atoms with Gasteiger partial charge in [0, 0.05) is 107 Å². The van der Waals surface area contributed by atoms with Crippen molar-refractivity contribution in [1.29, 1.82) is 5.26 Å². The molecule has 126 heavy (non-hydrogen) atoms. The number of ether oxygens (including phenoxy) is 2. The summed E-state index contributed by atoms with van der Waals surface area (Å²) in [5, 5.41) is 21.2. The first-order chi connectivity index (χ1) is 59.9. The van der Waals surface area contributed by atoms with Crippen LogP contribution in [0.3, 0.4) is 0 Å². The maximum absolute atomic E-state index is 11.6. The number of aromatic nitrogens is 8. The first kappa shape index (κ1) is 101. The fourth-order valence-corrected chi connectivity index (χ4v) is 23.4. The lowest BCUT2D eigenvalue weighted by atomic mass is 9.90. The Kier molecular flexibility index (Phi) is 39.1. The van der Waals surface area contributed by atoms with Gasteiger partial charge in [-0.05, 0) is 290 Å². The van der Waals surface area contributed by atoms with E-state index >= 15 is 0 Å². The number of carbonyl (C=O) groups excluding carboxylic acids is 4. The topological polar surface area (TPSA) is 421 Å². The zero-order chi connectivity index (χ0) is 90.1. The number of amides is 2. The lowest BCUT2D eigenvalue weighted by Gasteiger charge is -2.33. The van der Waals surface area contributed by atoms with E-state index in [1.165, 1.54) is 169 Å². The second-order valence-corrected chi connectivity index (χ2v) is 38.7. The van der Waals surface area contributed by atoms with Gasteiger partial charge in [-0.2, -0.15) is 10.2 Å². The van der Waals surface area contributed by atoms with E-state index in [0.717, 1.165) is 143 Å². The number of H-pyrrole nitrogens is 2. The molecule has 3 saturated carbocycles. The van der Waals surface area contributed by atoms with Gasteiger partial charge < -0.3 is 68.4 Å². The Labute approximate surface area is 777 Å². The molecule has 8 aliphatic carbocycles. The number of nitrogen functional groups attached to an aromatic ring is 3. The molecule has 0 bridgehead atoms. The fraction of sp³-hybridized carbons (Fsp3) is 0.494. The summed E-state index contributed by atoms with van der Waals surface area (Å²) in [5.74, 6) is 2.07. The van der Waals surface area contributed by atoms with Gasteiger partial charge in [0.2, 0.25) is 16.5 Å². The molecule has 0 spiro atoms. The van der Waals surface area contributed by atoms with E-state index in [9.17, 15) is 24.0 Å². The van der Waals surface area contributed by atoms with Gasteiger partial charge in [-0.3, -0.25) is 24.4 Å². The first-order valence-electron chi connectivity index (χ1n) is 42.6. The van der Waals surface area contributed by atoms with Crippen molar-refractivity contribution in [3.63, 3.8) is 0 Å². The highest BCUT2D eigenvalue weighted by atomic mass is 35.5. The standard InChI is InChI=1S/C17H23ClN4S.C17H25N5S.C10H13NO2S.C9H6Cl2N2S.C9H8N2O2S.C8H12N2.C8H11N.C5H7NO2.C5H8O.CH4N2O.ClH/c2*1-22(2)11-8-6-10(7-9-11)19-15-14-12-4-3-5-13(12)23-16(14)21-17(18)20-15;1-2-13-10(12)8-6-4-3-5-7(6)14-9(8)11;10-7-6-4-2-1-3-5(4)14-8(6)13-9(11)12-7;12-7-6-4-2-1-3-5(4)14-8(6)11-9(13)10-7;1-10(2)8-5-3-7(9)4-6-8;1-9(2)8-6-4-3-5-7-8;1-2-8-5(7)3-4-6;6-5-3-1-2-4-5;2-1(3)4;/h10-11H,3-9H2,1-2H3,(H,19,20,21);10-11H,3-9H2,1-2H3,(H3,18,19,20,21);2-5,11H2,1H3;1-3H2;1-3H2,(H2,10,11,12,13);3-6H,9H2,1-2H3;3-7H,1-2H3;2-3H2,1H3;1-4H2;(H4,2,3,4);1H.